The molecule has 5 nitrogen and oxygen atoms in total. The number of hydrogen-bond donors (Lipinski definition) is 3. The molecule has 3 rings (SSSR count). The van der Waals surface area contributed by atoms with E-state index < -0.39 is 12.1 Å². The molecule has 0 saturated carbocycles. The maximum atomic E-state index is 10.5. The highest BCUT2D eigenvalue weighted by Gasteiger charge is 2.20. The summed E-state index contributed by atoms with van der Waals surface area (Å²) in [5.41, 5.74) is 3.94. The Morgan fingerprint density at radius 3 is 2.55 bits per heavy atom. The van der Waals surface area contributed by atoms with Gasteiger partial charge in [-0.05, 0) is 55.8 Å². The van der Waals surface area contributed by atoms with Gasteiger partial charge in [0.2, 0.25) is 0 Å². The lowest BCUT2D eigenvalue weighted by Gasteiger charge is -2.17. The molecule has 0 bridgehead atoms. The van der Waals surface area contributed by atoms with E-state index >= 15 is 0 Å². The summed E-state index contributed by atoms with van der Waals surface area (Å²) in [5.74, 6) is 0.0455. The van der Waals surface area contributed by atoms with Crippen LogP contribution in [0.4, 0.5) is 0 Å². The molecule has 7 heteroatoms. The molecule has 0 fully saturated rings. The average molecular weight is 433 g/mol. The van der Waals surface area contributed by atoms with Crippen LogP contribution in [0, 0.1) is 13.8 Å². The van der Waals surface area contributed by atoms with Crippen LogP contribution in [0.25, 0.3) is 5.69 Å². The van der Waals surface area contributed by atoms with Crippen LogP contribution < -0.4 is 0 Å². The zero-order chi connectivity index (χ0) is 21.1. The van der Waals surface area contributed by atoms with Gasteiger partial charge in [-0.2, -0.15) is 0 Å². The van der Waals surface area contributed by atoms with Crippen molar-refractivity contribution in [1.82, 2.24) is 4.57 Å². The highest BCUT2D eigenvalue weighted by Crippen LogP contribution is 2.29. The van der Waals surface area contributed by atoms with E-state index in [4.69, 9.17) is 23.2 Å². The van der Waals surface area contributed by atoms with Gasteiger partial charge in [-0.3, -0.25) is 4.99 Å². The van der Waals surface area contributed by atoms with Crippen LogP contribution in [0.2, 0.25) is 10.0 Å². The number of hydrogen-bond acceptors (Lipinski definition) is 4. The molecule has 0 aliphatic heterocycles. The van der Waals surface area contributed by atoms with E-state index in [1.165, 1.54) is 12.1 Å². The topological polar surface area (TPSA) is 78.0 Å². The lowest BCUT2D eigenvalue weighted by Crippen LogP contribution is -2.21. The van der Waals surface area contributed by atoms with Crippen molar-refractivity contribution in [2.24, 2.45) is 4.99 Å². The second kappa shape index (κ2) is 9.01. The minimum atomic E-state index is -1.05. The van der Waals surface area contributed by atoms with Gasteiger partial charge in [0.15, 0.2) is 0 Å². The minimum Gasteiger partial charge on any atom is -0.508 e. The van der Waals surface area contributed by atoms with Gasteiger partial charge in [0.25, 0.3) is 0 Å². The van der Waals surface area contributed by atoms with Crippen LogP contribution in [0.3, 0.4) is 0 Å². The molecule has 29 heavy (non-hydrogen) atoms. The highest BCUT2D eigenvalue weighted by molar-refractivity contribution is 6.34. The number of phenolic OH excluding ortho intramolecular Hbond substituents is 1. The normalized spacial score (nSPS) is 13.7. The first-order valence-electron chi connectivity index (χ1n) is 9.07. The van der Waals surface area contributed by atoms with Crippen LogP contribution >= 0.6 is 23.2 Å². The van der Waals surface area contributed by atoms with E-state index in [2.05, 4.69) is 4.99 Å². The molecule has 0 unspecified atom stereocenters. The first-order valence-corrected chi connectivity index (χ1v) is 9.82. The number of benzene rings is 2. The molecule has 1 aromatic heterocycles. The third kappa shape index (κ3) is 4.65. The van der Waals surface area contributed by atoms with Crippen molar-refractivity contribution in [3.63, 3.8) is 0 Å². The number of phenols is 1. The Labute approximate surface area is 179 Å². The molecule has 1 heterocycles. The zero-order valence-electron chi connectivity index (χ0n) is 16.0. The van der Waals surface area contributed by atoms with Gasteiger partial charge in [-0.15, -0.1) is 0 Å². The summed E-state index contributed by atoms with van der Waals surface area (Å²) in [7, 11) is 0. The van der Waals surface area contributed by atoms with Crippen molar-refractivity contribution in [2.75, 3.05) is 6.61 Å². The quantitative estimate of drug-likeness (QED) is 0.497. The SMILES string of the molecule is Cc1cc(C=N[C@@H](CO)[C@H](O)c2cccc(O)c2)c(C)n1-c1cc(Cl)ccc1Cl. The first kappa shape index (κ1) is 21.4. The molecule has 152 valence electrons. The van der Waals surface area contributed by atoms with E-state index in [1.54, 1.807) is 36.5 Å². The Morgan fingerprint density at radius 2 is 1.86 bits per heavy atom. The second-order valence-corrected chi connectivity index (χ2v) is 7.67. The van der Waals surface area contributed by atoms with E-state index in [-0.39, 0.29) is 12.4 Å². The van der Waals surface area contributed by atoms with Gasteiger partial charge < -0.3 is 19.9 Å². The van der Waals surface area contributed by atoms with E-state index in [9.17, 15) is 15.3 Å². The average Bonchev–Trinajstić information content (AvgIpc) is 2.97. The van der Waals surface area contributed by atoms with Crippen LogP contribution in [0.5, 0.6) is 5.75 Å². The summed E-state index contributed by atoms with van der Waals surface area (Å²) in [6.07, 6.45) is 0.582. The number of halogens is 2. The Hall–Kier alpha value is -2.31. The second-order valence-electron chi connectivity index (χ2n) is 6.83. The minimum absolute atomic E-state index is 0.0455. The maximum Gasteiger partial charge on any atom is 0.115 e. The molecule has 0 radical (unpaired) electrons. The third-order valence-corrected chi connectivity index (χ3v) is 5.34. The van der Waals surface area contributed by atoms with Crippen LogP contribution in [0.15, 0.2) is 53.5 Å². The van der Waals surface area contributed by atoms with Gasteiger partial charge in [0, 0.05) is 28.2 Å². The number of aliphatic hydroxyl groups excluding tert-OH is 2. The number of nitrogens with zero attached hydrogens (tertiary/aromatic N) is 2. The highest BCUT2D eigenvalue weighted by atomic mass is 35.5. The lowest BCUT2D eigenvalue weighted by atomic mass is 10.0. The molecule has 2 aromatic carbocycles. The molecule has 3 N–H and O–H groups in total. The predicted octanol–water partition coefficient (Wildman–Crippen LogP) is 4.62. The number of aliphatic hydroxyl groups is 2. The summed E-state index contributed by atoms with van der Waals surface area (Å²) in [5, 5.41) is 31.0. The number of aliphatic imine (C=N–C) groups is 1. The molecule has 0 aliphatic rings. The molecule has 0 aliphatic carbocycles. The number of rotatable bonds is 6. The smallest absolute Gasteiger partial charge is 0.115 e. The van der Waals surface area contributed by atoms with Gasteiger partial charge in [-0.1, -0.05) is 35.3 Å². The Balaban J connectivity index is 1.91. The standard InChI is InChI=1S/C22H22Cl2N2O3/c1-13-8-16(14(2)26(13)21-10-17(23)6-7-19(21)24)11-25-20(12-27)22(29)15-4-3-5-18(28)9-15/h3-11,20,22,27-29H,12H2,1-2H3/t20-,22+/m0/s1. The van der Waals surface area contributed by atoms with E-state index in [0.29, 0.717) is 15.6 Å². The van der Waals surface area contributed by atoms with Crippen LogP contribution in [-0.2, 0) is 0 Å². The molecular weight excluding hydrogens is 411 g/mol. The summed E-state index contributed by atoms with van der Waals surface area (Å²) in [4.78, 5) is 4.39. The number of aromatic hydroxyl groups is 1. The molecular formula is C22H22Cl2N2O3. The molecule has 0 spiro atoms. The molecule has 3 aromatic rings. The fourth-order valence-electron chi connectivity index (χ4n) is 3.28. The first-order chi connectivity index (χ1) is 13.8. The van der Waals surface area contributed by atoms with Crippen LogP contribution in [0.1, 0.15) is 28.6 Å². The van der Waals surface area contributed by atoms with E-state index in [1.807, 2.05) is 24.5 Å². The third-order valence-electron chi connectivity index (χ3n) is 4.79. The Morgan fingerprint density at radius 1 is 1.10 bits per heavy atom. The van der Waals surface area contributed by atoms with Crippen molar-refractivity contribution in [2.45, 2.75) is 26.0 Å². The number of aromatic nitrogens is 1. The predicted molar refractivity (Wildman–Crippen MR) is 117 cm³/mol. The molecule has 0 saturated heterocycles. The summed E-state index contributed by atoms with van der Waals surface area (Å²) in [6.45, 7) is 3.55. The fraction of sp³-hybridized carbons (Fsp3) is 0.227. The number of aryl methyl sites for hydroxylation is 1. The lowest BCUT2D eigenvalue weighted by molar-refractivity contribution is 0.110. The van der Waals surface area contributed by atoms with Gasteiger partial charge in [0.05, 0.1) is 17.3 Å². The van der Waals surface area contributed by atoms with Gasteiger partial charge in [-0.25, -0.2) is 0 Å². The Bertz CT molecular complexity index is 1050. The zero-order valence-corrected chi connectivity index (χ0v) is 17.6. The van der Waals surface area contributed by atoms with Gasteiger partial charge in [0.1, 0.15) is 17.9 Å². The van der Waals surface area contributed by atoms with Crippen LogP contribution in [-0.4, -0.2) is 38.8 Å². The molecule has 2 atom stereocenters. The monoisotopic (exact) mass is 432 g/mol. The largest absolute Gasteiger partial charge is 0.508 e. The van der Waals surface area contributed by atoms with Gasteiger partial charge >= 0.3 is 0 Å². The van der Waals surface area contributed by atoms with E-state index in [0.717, 1.165) is 22.6 Å². The van der Waals surface area contributed by atoms with Crippen molar-refractivity contribution < 1.29 is 15.3 Å². The summed E-state index contributed by atoms with van der Waals surface area (Å²) < 4.78 is 1.98. The maximum absolute atomic E-state index is 10.5. The van der Waals surface area contributed by atoms with Crippen molar-refractivity contribution in [3.8, 4) is 11.4 Å². The Kier molecular flexibility index (Phi) is 6.65. The fourth-order valence-corrected chi connectivity index (χ4v) is 3.65. The van der Waals surface area contributed by atoms with Crippen molar-refractivity contribution in [3.05, 3.63) is 81.1 Å². The summed E-state index contributed by atoms with van der Waals surface area (Å²) in [6, 6.07) is 12.7. The summed E-state index contributed by atoms with van der Waals surface area (Å²) >= 11 is 12.5. The van der Waals surface area contributed by atoms with Crippen molar-refractivity contribution in [1.29, 1.82) is 0 Å². The van der Waals surface area contributed by atoms with Crippen molar-refractivity contribution >= 4 is 29.4 Å². The molecule has 0 amide bonds.